The van der Waals surface area contributed by atoms with Gasteiger partial charge in [-0.1, -0.05) is 60.7 Å². The van der Waals surface area contributed by atoms with E-state index in [9.17, 15) is 23.2 Å². The number of para-hydroxylation sites is 1. The molecule has 3 N–H and O–H groups in total. The number of halogens is 2. The fourth-order valence-electron chi connectivity index (χ4n) is 3.90. The molecule has 0 unspecified atom stereocenters. The number of carbonyl (C=O) groups excluding carboxylic acids is 2. The Morgan fingerprint density at radius 1 is 0.882 bits per heavy atom. The molecule has 0 atom stereocenters. The van der Waals surface area contributed by atoms with E-state index in [1.165, 1.54) is 18.2 Å². The van der Waals surface area contributed by atoms with Crippen LogP contribution in [0.4, 0.5) is 19.3 Å². The van der Waals surface area contributed by atoms with Gasteiger partial charge in [-0.05, 0) is 34.4 Å². The average molecular weight is 466 g/mol. The number of nitrogens with one attached hydrogen (secondary N) is 2. The van der Waals surface area contributed by atoms with Gasteiger partial charge in [0.2, 0.25) is 0 Å². The summed E-state index contributed by atoms with van der Waals surface area (Å²) < 4.78 is 32.0. The molecule has 9 heteroatoms. The van der Waals surface area contributed by atoms with E-state index in [0.717, 1.165) is 22.3 Å². The van der Waals surface area contributed by atoms with Gasteiger partial charge in [0.25, 0.3) is 5.91 Å². The smallest absolute Gasteiger partial charge is 0.411 e. The standard InChI is InChI=1S/C25H20F2N2O5/c26-25(27,23(31)32)14-28-22(30)19-11-5-6-12-21(19)29-24(33)34-13-20-17-9-3-1-7-15(17)16-8-2-4-10-18(16)20/h1-12,20H,13-14H2,(H,28,30)(H,29,33)(H,31,32). The van der Waals surface area contributed by atoms with Gasteiger partial charge < -0.3 is 15.2 Å². The van der Waals surface area contributed by atoms with E-state index < -0.39 is 30.4 Å². The topological polar surface area (TPSA) is 105 Å². The Balaban J connectivity index is 1.43. The lowest BCUT2D eigenvalue weighted by Gasteiger charge is -2.16. The molecule has 34 heavy (non-hydrogen) atoms. The predicted molar refractivity (Wildman–Crippen MR) is 120 cm³/mol. The molecule has 0 aromatic heterocycles. The molecule has 1 aliphatic carbocycles. The molecule has 0 bridgehead atoms. The summed E-state index contributed by atoms with van der Waals surface area (Å²) in [6.07, 6.45) is -0.821. The number of carboxylic acid groups (broad SMARTS) is 1. The number of amides is 2. The third kappa shape index (κ3) is 4.59. The average Bonchev–Trinajstić information content (AvgIpc) is 3.15. The maximum atomic E-state index is 13.3. The number of anilines is 1. The molecule has 0 fully saturated rings. The minimum Gasteiger partial charge on any atom is -0.477 e. The third-order valence-electron chi connectivity index (χ3n) is 5.54. The molecule has 0 aliphatic heterocycles. The summed E-state index contributed by atoms with van der Waals surface area (Å²) in [5.41, 5.74) is 4.15. The SMILES string of the molecule is O=C(Nc1ccccc1C(=O)NCC(F)(F)C(=O)O)OCC1c2ccccc2-c2ccccc21. The van der Waals surface area contributed by atoms with Crippen LogP contribution in [0.5, 0.6) is 0 Å². The molecule has 3 aromatic carbocycles. The molecule has 174 valence electrons. The zero-order valence-electron chi connectivity index (χ0n) is 17.8. The number of aliphatic carboxylic acids is 1. The van der Waals surface area contributed by atoms with Crippen LogP contribution in [0.1, 0.15) is 27.4 Å². The van der Waals surface area contributed by atoms with Gasteiger partial charge in [0, 0.05) is 5.92 Å². The number of ether oxygens (including phenoxy) is 1. The Labute approximate surface area is 193 Å². The molecule has 4 rings (SSSR count). The minimum absolute atomic E-state index is 0.0378. The van der Waals surface area contributed by atoms with Crippen molar-refractivity contribution in [2.75, 3.05) is 18.5 Å². The molecular formula is C25H20F2N2O5. The van der Waals surface area contributed by atoms with Crippen molar-refractivity contribution in [3.63, 3.8) is 0 Å². The van der Waals surface area contributed by atoms with Gasteiger partial charge in [-0.2, -0.15) is 8.78 Å². The van der Waals surface area contributed by atoms with Gasteiger partial charge in [0.05, 0.1) is 17.8 Å². The van der Waals surface area contributed by atoms with Crippen LogP contribution in [0.15, 0.2) is 72.8 Å². The van der Waals surface area contributed by atoms with E-state index in [1.54, 1.807) is 6.07 Å². The van der Waals surface area contributed by atoms with Crippen LogP contribution in [-0.4, -0.2) is 42.2 Å². The summed E-state index contributed by atoms with van der Waals surface area (Å²) in [6.45, 7) is -1.33. The molecule has 0 spiro atoms. The lowest BCUT2D eigenvalue weighted by Crippen LogP contribution is -2.42. The molecular weight excluding hydrogens is 446 g/mol. The largest absolute Gasteiger partial charge is 0.477 e. The molecule has 0 radical (unpaired) electrons. The van der Waals surface area contributed by atoms with E-state index in [4.69, 9.17) is 9.84 Å². The lowest BCUT2D eigenvalue weighted by atomic mass is 9.98. The van der Waals surface area contributed by atoms with Crippen molar-refractivity contribution in [1.29, 1.82) is 0 Å². The summed E-state index contributed by atoms with van der Waals surface area (Å²) in [7, 11) is 0. The van der Waals surface area contributed by atoms with E-state index in [1.807, 2.05) is 53.8 Å². The van der Waals surface area contributed by atoms with Crippen LogP contribution in [0, 0.1) is 0 Å². The lowest BCUT2D eigenvalue weighted by molar-refractivity contribution is -0.163. The van der Waals surface area contributed by atoms with E-state index in [-0.39, 0.29) is 23.8 Å². The van der Waals surface area contributed by atoms with Gasteiger partial charge in [0.1, 0.15) is 6.61 Å². The highest BCUT2D eigenvalue weighted by atomic mass is 19.3. The van der Waals surface area contributed by atoms with Crippen molar-refractivity contribution >= 4 is 23.7 Å². The Kier molecular flexibility index (Phi) is 6.27. The molecule has 0 saturated heterocycles. The predicted octanol–water partition coefficient (Wildman–Crippen LogP) is 4.50. The zero-order valence-corrected chi connectivity index (χ0v) is 17.8. The first-order valence-electron chi connectivity index (χ1n) is 10.4. The van der Waals surface area contributed by atoms with Crippen molar-refractivity contribution in [1.82, 2.24) is 5.32 Å². The van der Waals surface area contributed by atoms with Crippen LogP contribution in [0.3, 0.4) is 0 Å². The Morgan fingerprint density at radius 2 is 1.44 bits per heavy atom. The van der Waals surface area contributed by atoms with Gasteiger partial charge in [-0.3, -0.25) is 10.1 Å². The number of benzene rings is 3. The van der Waals surface area contributed by atoms with Crippen molar-refractivity contribution in [2.24, 2.45) is 0 Å². The summed E-state index contributed by atoms with van der Waals surface area (Å²) in [5, 5.41) is 12.8. The summed E-state index contributed by atoms with van der Waals surface area (Å²) in [5.74, 6) is -7.59. The van der Waals surface area contributed by atoms with Crippen LogP contribution in [0.2, 0.25) is 0 Å². The van der Waals surface area contributed by atoms with Gasteiger partial charge in [0.15, 0.2) is 0 Å². The van der Waals surface area contributed by atoms with Gasteiger partial charge in [-0.15, -0.1) is 0 Å². The van der Waals surface area contributed by atoms with Crippen molar-refractivity contribution < 1.29 is 33.0 Å². The van der Waals surface area contributed by atoms with Crippen LogP contribution < -0.4 is 10.6 Å². The summed E-state index contributed by atoms with van der Waals surface area (Å²) in [4.78, 5) is 35.4. The molecule has 1 aliphatic rings. The minimum atomic E-state index is -4.12. The second kappa shape index (κ2) is 9.30. The molecule has 3 aromatic rings. The molecule has 0 heterocycles. The van der Waals surface area contributed by atoms with E-state index in [0.29, 0.717) is 0 Å². The Morgan fingerprint density at radius 3 is 2.06 bits per heavy atom. The van der Waals surface area contributed by atoms with Crippen molar-refractivity contribution in [3.8, 4) is 11.1 Å². The molecule has 0 saturated carbocycles. The van der Waals surface area contributed by atoms with Crippen LogP contribution in [-0.2, 0) is 9.53 Å². The number of carboxylic acids is 1. The first kappa shape index (κ1) is 22.9. The Hall–Kier alpha value is -4.27. The first-order chi connectivity index (χ1) is 16.3. The number of hydrogen-bond donors (Lipinski definition) is 3. The second-order valence-electron chi connectivity index (χ2n) is 7.69. The fourth-order valence-corrected chi connectivity index (χ4v) is 3.90. The normalized spacial score (nSPS) is 12.4. The summed E-state index contributed by atoms with van der Waals surface area (Å²) in [6, 6.07) is 21.4. The molecule has 2 amide bonds. The second-order valence-corrected chi connectivity index (χ2v) is 7.69. The maximum Gasteiger partial charge on any atom is 0.411 e. The fraction of sp³-hybridized carbons (Fsp3) is 0.160. The molecule has 7 nitrogen and oxygen atoms in total. The quantitative estimate of drug-likeness (QED) is 0.476. The number of rotatable bonds is 7. The first-order valence-corrected chi connectivity index (χ1v) is 10.4. The van der Waals surface area contributed by atoms with Gasteiger partial charge in [-0.25, -0.2) is 9.59 Å². The van der Waals surface area contributed by atoms with Gasteiger partial charge >= 0.3 is 18.0 Å². The number of alkyl halides is 2. The zero-order chi connectivity index (χ0) is 24.3. The van der Waals surface area contributed by atoms with Crippen LogP contribution in [0.25, 0.3) is 11.1 Å². The highest BCUT2D eigenvalue weighted by Crippen LogP contribution is 2.44. The number of carbonyl (C=O) groups is 3. The highest BCUT2D eigenvalue weighted by Gasteiger charge is 2.39. The number of hydrogen-bond acceptors (Lipinski definition) is 4. The number of fused-ring (bicyclic) bond motifs is 3. The third-order valence-corrected chi connectivity index (χ3v) is 5.54. The monoisotopic (exact) mass is 466 g/mol. The van der Waals surface area contributed by atoms with Crippen molar-refractivity contribution in [3.05, 3.63) is 89.5 Å². The maximum absolute atomic E-state index is 13.3. The van der Waals surface area contributed by atoms with Crippen LogP contribution >= 0.6 is 0 Å². The van der Waals surface area contributed by atoms with Crippen molar-refractivity contribution in [2.45, 2.75) is 11.8 Å². The summed E-state index contributed by atoms with van der Waals surface area (Å²) >= 11 is 0. The van der Waals surface area contributed by atoms with E-state index in [2.05, 4.69) is 5.32 Å². The highest BCUT2D eigenvalue weighted by molar-refractivity contribution is 6.02. The Bertz CT molecular complexity index is 1220. The van der Waals surface area contributed by atoms with E-state index >= 15 is 0 Å².